The average Bonchev–Trinajstić information content (AvgIpc) is 3.42. The van der Waals surface area contributed by atoms with Gasteiger partial charge in [0.05, 0.1) is 24.9 Å². The van der Waals surface area contributed by atoms with E-state index in [1.165, 1.54) is 18.4 Å². The molecule has 2 aliphatic carbocycles. The summed E-state index contributed by atoms with van der Waals surface area (Å²) in [5, 5.41) is 8.01. The highest BCUT2D eigenvalue weighted by molar-refractivity contribution is 5.30. The maximum atomic E-state index is 12.6. The molecule has 0 aromatic carbocycles. The molecule has 1 aliphatic heterocycles. The first-order chi connectivity index (χ1) is 12.8. The number of hydrogen-bond acceptors (Lipinski definition) is 6. The fourth-order valence-electron chi connectivity index (χ4n) is 3.94. The number of anilines is 1. The van der Waals surface area contributed by atoms with Crippen LogP contribution < -0.4 is 10.9 Å². The third-order valence-electron chi connectivity index (χ3n) is 5.63. The first-order valence-corrected chi connectivity index (χ1v) is 9.56. The number of nitrogens with zero attached hydrogens (tertiary/aromatic N) is 4. The monoisotopic (exact) mass is 353 g/mol. The minimum atomic E-state index is -0.138. The molecule has 1 N–H and O–H groups in total. The number of aryl methyl sites for hydroxylation is 2. The standard InChI is InChI=1S/C19H23N5O2/c25-18-7-13-3-1-2-4-15(13)23-24(18)17-11-26-10-16(17)22-19-20-8-14(9-21-19)12-5-6-12/h7-9,12,16-17H,1-6,10-11H2,(H,20,21,22). The van der Waals surface area contributed by atoms with Crippen LogP contribution in [0.2, 0.25) is 0 Å². The van der Waals surface area contributed by atoms with Gasteiger partial charge < -0.3 is 10.1 Å². The van der Waals surface area contributed by atoms with Crippen molar-refractivity contribution in [3.8, 4) is 0 Å². The van der Waals surface area contributed by atoms with Crippen molar-refractivity contribution in [2.45, 2.75) is 56.5 Å². The van der Waals surface area contributed by atoms with Gasteiger partial charge in [-0.1, -0.05) is 0 Å². The highest BCUT2D eigenvalue weighted by atomic mass is 16.5. The van der Waals surface area contributed by atoms with Crippen LogP contribution in [0.5, 0.6) is 0 Å². The Balaban J connectivity index is 1.37. The van der Waals surface area contributed by atoms with Crippen molar-refractivity contribution in [1.29, 1.82) is 0 Å². The lowest BCUT2D eigenvalue weighted by Gasteiger charge is -2.22. The van der Waals surface area contributed by atoms with Crippen molar-refractivity contribution >= 4 is 5.95 Å². The van der Waals surface area contributed by atoms with Crippen LogP contribution in [-0.2, 0) is 17.6 Å². The number of hydrogen-bond donors (Lipinski definition) is 1. The van der Waals surface area contributed by atoms with E-state index >= 15 is 0 Å². The van der Waals surface area contributed by atoms with Gasteiger partial charge in [-0.3, -0.25) is 4.79 Å². The van der Waals surface area contributed by atoms with Gasteiger partial charge in [0.25, 0.3) is 5.56 Å². The molecule has 2 fully saturated rings. The molecule has 0 radical (unpaired) electrons. The van der Waals surface area contributed by atoms with Crippen LogP contribution in [0.25, 0.3) is 0 Å². The van der Waals surface area contributed by atoms with Crippen molar-refractivity contribution < 1.29 is 4.74 Å². The maximum Gasteiger partial charge on any atom is 0.267 e. The molecule has 0 amide bonds. The van der Waals surface area contributed by atoms with Gasteiger partial charge in [-0.05, 0) is 55.6 Å². The van der Waals surface area contributed by atoms with Crippen LogP contribution in [0.1, 0.15) is 54.5 Å². The Hall–Kier alpha value is -2.28. The zero-order valence-electron chi connectivity index (χ0n) is 14.7. The molecule has 136 valence electrons. The van der Waals surface area contributed by atoms with Crippen molar-refractivity contribution in [3.63, 3.8) is 0 Å². The van der Waals surface area contributed by atoms with Crippen LogP contribution >= 0.6 is 0 Å². The highest BCUT2D eigenvalue weighted by Crippen LogP contribution is 2.39. The summed E-state index contributed by atoms with van der Waals surface area (Å²) in [6, 6.07) is 1.56. The second-order valence-electron chi connectivity index (χ2n) is 7.58. The fraction of sp³-hybridized carbons (Fsp3) is 0.579. The van der Waals surface area contributed by atoms with Gasteiger partial charge in [0.2, 0.25) is 5.95 Å². The van der Waals surface area contributed by atoms with E-state index in [9.17, 15) is 4.79 Å². The molecule has 1 saturated carbocycles. The first-order valence-electron chi connectivity index (χ1n) is 9.56. The number of fused-ring (bicyclic) bond motifs is 1. The summed E-state index contributed by atoms with van der Waals surface area (Å²) in [6.45, 7) is 0.993. The van der Waals surface area contributed by atoms with Gasteiger partial charge in [0.15, 0.2) is 0 Å². The lowest BCUT2D eigenvalue weighted by atomic mass is 9.97. The van der Waals surface area contributed by atoms with Gasteiger partial charge in [-0.25, -0.2) is 14.6 Å². The Kier molecular flexibility index (Phi) is 3.96. The Labute approximate surface area is 151 Å². The molecule has 3 aliphatic rings. The number of rotatable bonds is 4. The van der Waals surface area contributed by atoms with E-state index in [2.05, 4.69) is 20.4 Å². The van der Waals surface area contributed by atoms with Crippen LogP contribution in [0.15, 0.2) is 23.3 Å². The minimum absolute atomic E-state index is 0.0436. The molecule has 7 heteroatoms. The van der Waals surface area contributed by atoms with Crippen LogP contribution in [0.3, 0.4) is 0 Å². The quantitative estimate of drug-likeness (QED) is 0.903. The average molecular weight is 353 g/mol. The van der Waals surface area contributed by atoms with Gasteiger partial charge in [0.1, 0.15) is 6.04 Å². The lowest BCUT2D eigenvalue weighted by Crippen LogP contribution is -2.38. The smallest absolute Gasteiger partial charge is 0.267 e. The van der Waals surface area contributed by atoms with Gasteiger partial charge in [-0.2, -0.15) is 5.10 Å². The summed E-state index contributed by atoms with van der Waals surface area (Å²) in [5.74, 6) is 1.23. The summed E-state index contributed by atoms with van der Waals surface area (Å²) in [5.41, 5.74) is 3.34. The van der Waals surface area contributed by atoms with Crippen LogP contribution in [-0.4, -0.2) is 39.0 Å². The second-order valence-corrected chi connectivity index (χ2v) is 7.58. The summed E-state index contributed by atoms with van der Waals surface area (Å²) >= 11 is 0. The highest BCUT2D eigenvalue weighted by Gasteiger charge is 2.33. The van der Waals surface area contributed by atoms with Crippen molar-refractivity contribution in [3.05, 3.63) is 45.6 Å². The third kappa shape index (κ3) is 3.00. The van der Waals surface area contributed by atoms with E-state index in [4.69, 9.17) is 4.74 Å². The van der Waals surface area contributed by atoms with Crippen molar-refractivity contribution in [2.24, 2.45) is 0 Å². The summed E-state index contributed by atoms with van der Waals surface area (Å²) < 4.78 is 7.25. The molecule has 3 heterocycles. The molecule has 26 heavy (non-hydrogen) atoms. The number of aromatic nitrogens is 4. The van der Waals surface area contributed by atoms with Crippen LogP contribution in [0.4, 0.5) is 5.95 Å². The molecular weight excluding hydrogens is 330 g/mol. The molecule has 1 saturated heterocycles. The number of ether oxygens (including phenoxy) is 1. The topological polar surface area (TPSA) is 81.9 Å². The predicted octanol–water partition coefficient (Wildman–Crippen LogP) is 1.84. The molecule has 7 nitrogen and oxygen atoms in total. The van der Waals surface area contributed by atoms with Gasteiger partial charge in [-0.15, -0.1) is 0 Å². The first kappa shape index (κ1) is 15.9. The summed E-state index contributed by atoms with van der Waals surface area (Å²) in [4.78, 5) is 21.5. The summed E-state index contributed by atoms with van der Waals surface area (Å²) in [7, 11) is 0. The molecular formula is C19H23N5O2. The Morgan fingerprint density at radius 2 is 1.92 bits per heavy atom. The normalized spacial score (nSPS) is 25.1. The molecule has 5 rings (SSSR count). The largest absolute Gasteiger partial charge is 0.377 e. The van der Waals surface area contributed by atoms with Gasteiger partial charge >= 0.3 is 0 Å². The fourth-order valence-corrected chi connectivity index (χ4v) is 3.94. The van der Waals surface area contributed by atoms with Crippen molar-refractivity contribution in [1.82, 2.24) is 19.7 Å². The zero-order chi connectivity index (χ0) is 17.5. The minimum Gasteiger partial charge on any atom is -0.377 e. The molecule has 2 atom stereocenters. The second kappa shape index (κ2) is 6.46. The Bertz CT molecular complexity index is 859. The molecule has 2 aromatic heterocycles. The molecule has 0 spiro atoms. The Morgan fingerprint density at radius 1 is 1.12 bits per heavy atom. The predicted molar refractivity (Wildman–Crippen MR) is 96.4 cm³/mol. The van der Waals surface area contributed by atoms with Crippen LogP contribution in [0, 0.1) is 0 Å². The van der Waals surface area contributed by atoms with E-state index in [-0.39, 0.29) is 17.6 Å². The number of nitrogens with one attached hydrogen (secondary N) is 1. The van der Waals surface area contributed by atoms with E-state index in [0.29, 0.717) is 25.1 Å². The van der Waals surface area contributed by atoms with Crippen molar-refractivity contribution in [2.75, 3.05) is 18.5 Å². The third-order valence-corrected chi connectivity index (χ3v) is 5.63. The van der Waals surface area contributed by atoms with E-state index < -0.39 is 0 Å². The Morgan fingerprint density at radius 3 is 2.73 bits per heavy atom. The molecule has 2 aromatic rings. The van der Waals surface area contributed by atoms with E-state index in [0.717, 1.165) is 36.9 Å². The van der Waals surface area contributed by atoms with Gasteiger partial charge in [0, 0.05) is 18.5 Å². The SMILES string of the molecule is O=c1cc2c(nn1C1COCC1Nc1ncc(C3CC3)cn1)CCCC2. The van der Waals surface area contributed by atoms with E-state index in [1.54, 1.807) is 10.7 Å². The maximum absolute atomic E-state index is 12.6. The molecule has 0 bridgehead atoms. The molecule has 2 unspecified atom stereocenters. The zero-order valence-corrected chi connectivity index (χ0v) is 14.7. The lowest BCUT2D eigenvalue weighted by molar-refractivity contribution is 0.182. The summed E-state index contributed by atoms with van der Waals surface area (Å²) in [6.07, 6.45) is 10.5. The van der Waals surface area contributed by atoms with E-state index in [1.807, 2.05) is 12.4 Å².